The van der Waals surface area contributed by atoms with Crippen LogP contribution >= 0.6 is 11.3 Å². The Morgan fingerprint density at radius 3 is 2.63 bits per heavy atom. The van der Waals surface area contributed by atoms with Gasteiger partial charge in [0.2, 0.25) is 0 Å². The van der Waals surface area contributed by atoms with Gasteiger partial charge in [0.1, 0.15) is 11.6 Å². The van der Waals surface area contributed by atoms with Crippen LogP contribution in [0.15, 0.2) is 47.8 Å². The Balaban J connectivity index is 1.57. The second-order valence-corrected chi connectivity index (χ2v) is 7.41. The van der Waals surface area contributed by atoms with Crippen molar-refractivity contribution in [3.63, 3.8) is 0 Å². The van der Waals surface area contributed by atoms with Gasteiger partial charge in [0, 0.05) is 10.9 Å². The second-order valence-electron chi connectivity index (χ2n) is 6.55. The quantitative estimate of drug-likeness (QED) is 0.619. The summed E-state index contributed by atoms with van der Waals surface area (Å²) in [5, 5.41) is 5.03. The topological polar surface area (TPSA) is 51.2 Å². The zero-order chi connectivity index (χ0) is 19.4. The molecule has 2 aromatic carbocycles. The molecule has 0 aliphatic rings. The van der Waals surface area contributed by atoms with Crippen molar-refractivity contribution in [2.24, 2.45) is 0 Å². The minimum absolute atomic E-state index is 0.0913. The van der Waals surface area contributed by atoms with E-state index in [1.54, 1.807) is 12.1 Å². The van der Waals surface area contributed by atoms with Crippen LogP contribution in [-0.2, 0) is 4.79 Å². The predicted octanol–water partition coefficient (Wildman–Crippen LogP) is 5.40. The third kappa shape index (κ3) is 4.92. The van der Waals surface area contributed by atoms with Crippen molar-refractivity contribution in [3.05, 3.63) is 64.8 Å². The van der Waals surface area contributed by atoms with Gasteiger partial charge in [-0.25, -0.2) is 9.37 Å². The van der Waals surface area contributed by atoms with Crippen molar-refractivity contribution in [3.8, 4) is 17.0 Å². The Labute approximate surface area is 162 Å². The summed E-state index contributed by atoms with van der Waals surface area (Å²) in [7, 11) is 0. The number of ether oxygens (including phenoxy) is 1. The van der Waals surface area contributed by atoms with Gasteiger partial charge in [0.15, 0.2) is 11.7 Å². The smallest absolute Gasteiger partial charge is 0.264 e. The molecule has 3 rings (SSSR count). The summed E-state index contributed by atoms with van der Waals surface area (Å²) >= 11 is 1.31. The molecule has 140 valence electrons. The number of carbonyl (C=O) groups excluding carboxylic acids is 1. The zero-order valence-corrected chi connectivity index (χ0v) is 16.3. The summed E-state index contributed by atoms with van der Waals surface area (Å²) in [6.07, 6.45) is 0. The van der Waals surface area contributed by atoms with Crippen LogP contribution in [0.2, 0.25) is 0 Å². The number of aryl methyl sites for hydroxylation is 1. The second kappa shape index (κ2) is 8.31. The Morgan fingerprint density at radius 2 is 1.96 bits per heavy atom. The van der Waals surface area contributed by atoms with Crippen molar-refractivity contribution in [1.82, 2.24) is 4.98 Å². The van der Waals surface area contributed by atoms with E-state index >= 15 is 0 Å². The molecule has 1 aromatic heterocycles. The van der Waals surface area contributed by atoms with Gasteiger partial charge in [-0.1, -0.05) is 19.9 Å². The lowest BCUT2D eigenvalue weighted by Crippen LogP contribution is -2.20. The number of benzene rings is 2. The fourth-order valence-electron chi connectivity index (χ4n) is 2.77. The number of aromatic nitrogens is 1. The molecule has 0 aliphatic carbocycles. The van der Waals surface area contributed by atoms with E-state index in [2.05, 4.69) is 24.1 Å². The normalized spacial score (nSPS) is 10.9. The van der Waals surface area contributed by atoms with Crippen LogP contribution in [-0.4, -0.2) is 17.5 Å². The van der Waals surface area contributed by atoms with Crippen LogP contribution in [0.25, 0.3) is 11.3 Å². The van der Waals surface area contributed by atoms with Crippen LogP contribution in [0.3, 0.4) is 0 Å². The van der Waals surface area contributed by atoms with Gasteiger partial charge in [0.25, 0.3) is 5.91 Å². The highest BCUT2D eigenvalue weighted by molar-refractivity contribution is 7.14. The number of carbonyl (C=O) groups is 1. The molecule has 4 nitrogen and oxygen atoms in total. The SMILES string of the molecule is Cc1cc(OCC(=O)Nc2nc(-c3ccc(F)cc3)cs2)ccc1C(C)C. The Hall–Kier alpha value is -2.73. The summed E-state index contributed by atoms with van der Waals surface area (Å²) in [6, 6.07) is 11.9. The van der Waals surface area contributed by atoms with Gasteiger partial charge in [-0.2, -0.15) is 0 Å². The molecule has 1 N–H and O–H groups in total. The monoisotopic (exact) mass is 384 g/mol. The number of amides is 1. The predicted molar refractivity (Wildman–Crippen MR) is 107 cm³/mol. The van der Waals surface area contributed by atoms with Gasteiger partial charge in [-0.05, 0) is 60.4 Å². The summed E-state index contributed by atoms with van der Waals surface area (Å²) in [5.74, 6) is 0.539. The van der Waals surface area contributed by atoms with Crippen LogP contribution < -0.4 is 10.1 Å². The molecule has 0 saturated carbocycles. The van der Waals surface area contributed by atoms with E-state index in [0.717, 1.165) is 11.1 Å². The average molecular weight is 384 g/mol. The highest BCUT2D eigenvalue weighted by atomic mass is 32.1. The van der Waals surface area contributed by atoms with Crippen molar-refractivity contribution in [1.29, 1.82) is 0 Å². The van der Waals surface area contributed by atoms with Crippen molar-refractivity contribution in [2.75, 3.05) is 11.9 Å². The molecule has 1 amide bonds. The molecule has 0 fully saturated rings. The number of thiazole rings is 1. The molecule has 3 aromatic rings. The summed E-state index contributed by atoms with van der Waals surface area (Å²) in [6.45, 7) is 6.23. The van der Waals surface area contributed by atoms with E-state index in [-0.39, 0.29) is 18.3 Å². The molecule has 1 heterocycles. The van der Waals surface area contributed by atoms with E-state index in [0.29, 0.717) is 22.5 Å². The summed E-state index contributed by atoms with van der Waals surface area (Å²) < 4.78 is 18.6. The van der Waals surface area contributed by atoms with E-state index in [1.165, 1.54) is 29.0 Å². The first-order valence-electron chi connectivity index (χ1n) is 8.67. The van der Waals surface area contributed by atoms with E-state index < -0.39 is 0 Å². The van der Waals surface area contributed by atoms with Crippen LogP contribution in [0.5, 0.6) is 5.75 Å². The van der Waals surface area contributed by atoms with E-state index in [1.807, 2.05) is 30.5 Å². The minimum Gasteiger partial charge on any atom is -0.484 e. The number of hydrogen-bond donors (Lipinski definition) is 1. The highest BCUT2D eigenvalue weighted by Crippen LogP contribution is 2.25. The molecule has 0 atom stereocenters. The van der Waals surface area contributed by atoms with Gasteiger partial charge in [0.05, 0.1) is 5.69 Å². The van der Waals surface area contributed by atoms with Crippen LogP contribution in [0.4, 0.5) is 9.52 Å². The minimum atomic E-state index is -0.295. The third-order valence-corrected chi connectivity index (χ3v) is 4.88. The summed E-state index contributed by atoms with van der Waals surface area (Å²) in [4.78, 5) is 16.5. The maximum Gasteiger partial charge on any atom is 0.264 e. The number of nitrogens with one attached hydrogen (secondary N) is 1. The van der Waals surface area contributed by atoms with Gasteiger partial charge < -0.3 is 4.74 Å². The van der Waals surface area contributed by atoms with Crippen LogP contribution in [0.1, 0.15) is 30.9 Å². The number of hydrogen-bond acceptors (Lipinski definition) is 4. The Morgan fingerprint density at radius 1 is 1.22 bits per heavy atom. The molecule has 0 spiro atoms. The fraction of sp³-hybridized carbons (Fsp3) is 0.238. The zero-order valence-electron chi connectivity index (χ0n) is 15.5. The molecule has 27 heavy (non-hydrogen) atoms. The molecule has 0 unspecified atom stereocenters. The van der Waals surface area contributed by atoms with Crippen LogP contribution in [0, 0.1) is 12.7 Å². The maximum atomic E-state index is 13.0. The standard InChI is InChI=1S/C21H21FN2O2S/c1-13(2)18-9-8-17(10-14(18)3)26-11-20(25)24-21-23-19(12-27-21)15-4-6-16(22)7-5-15/h4-10,12-13H,11H2,1-3H3,(H,23,24,25). The lowest BCUT2D eigenvalue weighted by molar-refractivity contribution is -0.118. The third-order valence-electron chi connectivity index (χ3n) is 4.12. The number of rotatable bonds is 6. The largest absolute Gasteiger partial charge is 0.484 e. The molecule has 0 saturated heterocycles. The first-order chi connectivity index (χ1) is 12.9. The van der Waals surface area contributed by atoms with Gasteiger partial charge in [-0.15, -0.1) is 11.3 Å². The maximum absolute atomic E-state index is 13.0. The molecule has 6 heteroatoms. The first-order valence-corrected chi connectivity index (χ1v) is 9.55. The van der Waals surface area contributed by atoms with Crippen molar-refractivity contribution >= 4 is 22.4 Å². The lowest BCUT2D eigenvalue weighted by atomic mass is 9.98. The summed E-state index contributed by atoms with van der Waals surface area (Å²) in [5.41, 5.74) is 3.90. The molecule has 0 aliphatic heterocycles. The average Bonchev–Trinajstić information content (AvgIpc) is 3.08. The molecule has 0 radical (unpaired) electrons. The number of nitrogens with zero attached hydrogens (tertiary/aromatic N) is 1. The van der Waals surface area contributed by atoms with Crippen molar-refractivity contribution < 1.29 is 13.9 Å². The Kier molecular flexibility index (Phi) is 5.86. The molecular weight excluding hydrogens is 363 g/mol. The number of anilines is 1. The first kappa shape index (κ1) is 19.0. The lowest BCUT2D eigenvalue weighted by Gasteiger charge is -2.12. The highest BCUT2D eigenvalue weighted by Gasteiger charge is 2.10. The fourth-order valence-corrected chi connectivity index (χ4v) is 3.51. The molecule has 0 bridgehead atoms. The van der Waals surface area contributed by atoms with Crippen molar-refractivity contribution in [2.45, 2.75) is 26.7 Å². The molecular formula is C21H21FN2O2S. The van der Waals surface area contributed by atoms with E-state index in [9.17, 15) is 9.18 Å². The number of halogens is 1. The van der Waals surface area contributed by atoms with Gasteiger partial charge >= 0.3 is 0 Å². The van der Waals surface area contributed by atoms with Gasteiger partial charge in [-0.3, -0.25) is 10.1 Å². The Bertz CT molecular complexity index is 936. The van der Waals surface area contributed by atoms with E-state index in [4.69, 9.17) is 4.74 Å².